The average Bonchev–Trinajstić information content (AvgIpc) is 3.00. The Morgan fingerprint density at radius 2 is 1.91 bits per heavy atom. The van der Waals surface area contributed by atoms with Crippen LogP contribution in [0.25, 0.3) is 6.08 Å². The lowest BCUT2D eigenvalue weighted by Gasteiger charge is -2.01. The predicted octanol–water partition coefficient (Wildman–Crippen LogP) is 2.63. The zero-order valence-electron chi connectivity index (χ0n) is 11.3. The number of benzene rings is 1. The fourth-order valence-corrected chi connectivity index (χ4v) is 1.57. The first-order chi connectivity index (χ1) is 10.6. The molecule has 2 aromatic rings. The molecule has 7 nitrogen and oxygen atoms in total. The van der Waals surface area contributed by atoms with Crippen LogP contribution >= 0.6 is 0 Å². The molecule has 7 heteroatoms. The van der Waals surface area contributed by atoms with E-state index < -0.39 is 16.8 Å². The summed E-state index contributed by atoms with van der Waals surface area (Å²) in [5.74, 6) is -1.36. The van der Waals surface area contributed by atoms with Gasteiger partial charge in [0.15, 0.2) is 12.4 Å². The zero-order chi connectivity index (χ0) is 15.9. The van der Waals surface area contributed by atoms with Crippen LogP contribution in [0.15, 0.2) is 53.0 Å². The first kappa shape index (κ1) is 15.2. The molecule has 0 saturated heterocycles. The van der Waals surface area contributed by atoms with E-state index in [1.165, 1.54) is 18.2 Å². The van der Waals surface area contributed by atoms with E-state index in [0.29, 0.717) is 5.56 Å². The maximum atomic E-state index is 11.7. The number of rotatable bonds is 6. The molecule has 0 spiro atoms. The van der Waals surface area contributed by atoms with Gasteiger partial charge >= 0.3 is 11.9 Å². The highest BCUT2D eigenvalue weighted by molar-refractivity contribution is 5.98. The third kappa shape index (κ3) is 4.14. The Bertz CT molecular complexity index is 717. The molecule has 0 amide bonds. The molecule has 1 aromatic heterocycles. The standard InChI is InChI=1S/C15H11NO6/c17-13(11-4-2-1-3-5-11)10-21-15(18)9-7-12-6-8-14(22-12)16(19)20/h1-9H,10H2/b9-7+. The monoisotopic (exact) mass is 301 g/mol. The maximum Gasteiger partial charge on any atom is 0.433 e. The van der Waals surface area contributed by atoms with Crippen molar-refractivity contribution in [1.82, 2.24) is 0 Å². The zero-order valence-corrected chi connectivity index (χ0v) is 11.3. The van der Waals surface area contributed by atoms with Gasteiger partial charge in [-0.1, -0.05) is 30.3 Å². The van der Waals surface area contributed by atoms with Crippen LogP contribution in [-0.4, -0.2) is 23.3 Å². The highest BCUT2D eigenvalue weighted by Crippen LogP contribution is 2.16. The van der Waals surface area contributed by atoms with E-state index in [9.17, 15) is 19.7 Å². The molecule has 22 heavy (non-hydrogen) atoms. The number of nitrogens with zero attached hydrogens (tertiary/aromatic N) is 1. The van der Waals surface area contributed by atoms with Crippen LogP contribution in [0.1, 0.15) is 16.1 Å². The number of ether oxygens (including phenoxy) is 1. The van der Waals surface area contributed by atoms with Gasteiger partial charge in [-0.15, -0.1) is 0 Å². The summed E-state index contributed by atoms with van der Waals surface area (Å²) in [6.07, 6.45) is 2.25. The molecule has 1 aromatic carbocycles. The minimum atomic E-state index is -0.747. The molecule has 0 N–H and O–H groups in total. The van der Waals surface area contributed by atoms with Crippen molar-refractivity contribution in [2.24, 2.45) is 0 Å². The van der Waals surface area contributed by atoms with Crippen molar-refractivity contribution in [2.75, 3.05) is 6.61 Å². The Labute approximate surface area is 125 Å². The SMILES string of the molecule is O=C(/C=C/c1ccc([N+](=O)[O-])o1)OCC(=O)c1ccccc1. The van der Waals surface area contributed by atoms with Gasteiger partial charge in [-0.05, 0) is 12.1 Å². The van der Waals surface area contributed by atoms with Gasteiger partial charge in [0.2, 0.25) is 0 Å². The number of Topliss-reactive ketones (excluding diaryl/α,β-unsaturated/α-hetero) is 1. The minimum Gasteiger partial charge on any atom is -0.454 e. The van der Waals surface area contributed by atoms with Crippen molar-refractivity contribution in [1.29, 1.82) is 0 Å². The summed E-state index contributed by atoms with van der Waals surface area (Å²) in [4.78, 5) is 32.9. The normalized spacial score (nSPS) is 10.5. The Morgan fingerprint density at radius 1 is 1.18 bits per heavy atom. The van der Waals surface area contributed by atoms with E-state index in [-0.39, 0.29) is 18.2 Å². The van der Waals surface area contributed by atoms with Gasteiger partial charge in [0, 0.05) is 11.6 Å². The Kier molecular flexibility index (Phi) is 4.81. The van der Waals surface area contributed by atoms with Gasteiger partial charge in [-0.2, -0.15) is 0 Å². The number of hydrogen-bond donors (Lipinski definition) is 0. The number of carbonyl (C=O) groups is 2. The molecule has 0 saturated carbocycles. The summed E-state index contributed by atoms with van der Waals surface area (Å²) in [5, 5.41) is 10.4. The predicted molar refractivity (Wildman–Crippen MR) is 76.1 cm³/mol. The van der Waals surface area contributed by atoms with E-state index in [1.807, 2.05) is 0 Å². The topological polar surface area (TPSA) is 99.7 Å². The van der Waals surface area contributed by atoms with Crippen LogP contribution in [0.4, 0.5) is 5.88 Å². The number of hydrogen-bond acceptors (Lipinski definition) is 6. The number of carbonyl (C=O) groups excluding carboxylic acids is 2. The van der Waals surface area contributed by atoms with Gasteiger partial charge in [0.1, 0.15) is 10.7 Å². The average molecular weight is 301 g/mol. The lowest BCUT2D eigenvalue weighted by Crippen LogP contribution is -2.12. The molecule has 0 aliphatic carbocycles. The van der Waals surface area contributed by atoms with Crippen LogP contribution in [0.3, 0.4) is 0 Å². The molecule has 2 rings (SSSR count). The van der Waals surface area contributed by atoms with E-state index >= 15 is 0 Å². The van der Waals surface area contributed by atoms with E-state index in [2.05, 4.69) is 0 Å². The summed E-state index contributed by atoms with van der Waals surface area (Å²) in [5.41, 5.74) is 0.445. The molecular formula is C15H11NO6. The third-order valence-electron chi connectivity index (χ3n) is 2.62. The van der Waals surface area contributed by atoms with E-state index in [0.717, 1.165) is 6.08 Å². The van der Waals surface area contributed by atoms with Gasteiger partial charge in [0.25, 0.3) is 0 Å². The fraction of sp³-hybridized carbons (Fsp3) is 0.0667. The van der Waals surface area contributed by atoms with Crippen molar-refractivity contribution < 1.29 is 23.7 Å². The van der Waals surface area contributed by atoms with Gasteiger partial charge in [-0.25, -0.2) is 4.79 Å². The molecule has 0 atom stereocenters. The van der Waals surface area contributed by atoms with Crippen molar-refractivity contribution >= 4 is 23.7 Å². The Hall–Kier alpha value is -3.22. The van der Waals surface area contributed by atoms with Crippen LogP contribution in [0, 0.1) is 10.1 Å². The number of ketones is 1. The molecule has 0 bridgehead atoms. The Balaban J connectivity index is 1.86. The molecule has 0 unspecified atom stereocenters. The number of furan rings is 1. The molecule has 0 fully saturated rings. The van der Waals surface area contributed by atoms with Gasteiger partial charge < -0.3 is 9.15 Å². The van der Waals surface area contributed by atoms with Crippen molar-refractivity contribution in [3.05, 3.63) is 70.0 Å². The van der Waals surface area contributed by atoms with Crippen molar-refractivity contribution in [2.45, 2.75) is 0 Å². The third-order valence-corrected chi connectivity index (χ3v) is 2.62. The summed E-state index contributed by atoms with van der Waals surface area (Å²) in [6, 6.07) is 10.9. The molecule has 1 heterocycles. The molecule has 112 valence electrons. The molecule has 0 aliphatic rings. The number of esters is 1. The first-order valence-corrected chi connectivity index (χ1v) is 6.23. The van der Waals surface area contributed by atoms with Crippen LogP contribution in [0.5, 0.6) is 0 Å². The van der Waals surface area contributed by atoms with Crippen LogP contribution < -0.4 is 0 Å². The molecule has 0 aliphatic heterocycles. The van der Waals surface area contributed by atoms with Crippen molar-refractivity contribution in [3.63, 3.8) is 0 Å². The summed E-state index contributed by atoms with van der Waals surface area (Å²) in [6.45, 7) is -0.383. The highest BCUT2D eigenvalue weighted by Gasteiger charge is 2.11. The fourth-order valence-electron chi connectivity index (χ4n) is 1.57. The molecular weight excluding hydrogens is 290 g/mol. The minimum absolute atomic E-state index is 0.137. The molecule has 0 radical (unpaired) electrons. The maximum absolute atomic E-state index is 11.7. The number of nitro groups is 1. The Morgan fingerprint density at radius 3 is 2.55 bits per heavy atom. The largest absolute Gasteiger partial charge is 0.454 e. The second kappa shape index (κ2) is 6.98. The second-order valence-electron chi connectivity index (χ2n) is 4.16. The van der Waals surface area contributed by atoms with Crippen LogP contribution in [-0.2, 0) is 9.53 Å². The van der Waals surface area contributed by atoms with E-state index in [1.54, 1.807) is 30.3 Å². The summed E-state index contributed by atoms with van der Waals surface area (Å²) < 4.78 is 9.61. The lowest BCUT2D eigenvalue weighted by molar-refractivity contribution is -0.402. The lowest BCUT2D eigenvalue weighted by atomic mass is 10.1. The van der Waals surface area contributed by atoms with Crippen molar-refractivity contribution in [3.8, 4) is 0 Å². The summed E-state index contributed by atoms with van der Waals surface area (Å²) in [7, 11) is 0. The van der Waals surface area contributed by atoms with Crippen LogP contribution in [0.2, 0.25) is 0 Å². The smallest absolute Gasteiger partial charge is 0.433 e. The quantitative estimate of drug-likeness (QED) is 0.267. The summed E-state index contributed by atoms with van der Waals surface area (Å²) >= 11 is 0. The first-order valence-electron chi connectivity index (χ1n) is 6.23. The van der Waals surface area contributed by atoms with Gasteiger partial charge in [0.05, 0.1) is 6.07 Å². The van der Waals surface area contributed by atoms with E-state index in [4.69, 9.17) is 9.15 Å². The highest BCUT2D eigenvalue weighted by atomic mass is 16.6. The second-order valence-corrected chi connectivity index (χ2v) is 4.16. The van der Waals surface area contributed by atoms with Gasteiger partial charge in [-0.3, -0.25) is 14.9 Å².